The van der Waals surface area contributed by atoms with E-state index < -0.39 is 0 Å². The van der Waals surface area contributed by atoms with E-state index in [1.54, 1.807) is 6.07 Å². The van der Waals surface area contributed by atoms with Crippen molar-refractivity contribution >= 4 is 5.91 Å². The van der Waals surface area contributed by atoms with Crippen molar-refractivity contribution in [2.75, 3.05) is 13.1 Å². The Bertz CT molecular complexity index is 461. The molecule has 2 atom stereocenters. The highest BCUT2D eigenvalue weighted by Gasteiger charge is 2.25. The summed E-state index contributed by atoms with van der Waals surface area (Å²) in [5.74, 6) is -0.356. The van der Waals surface area contributed by atoms with Gasteiger partial charge >= 0.3 is 0 Å². The summed E-state index contributed by atoms with van der Waals surface area (Å²) in [7, 11) is 0. The molecule has 2 unspecified atom stereocenters. The predicted molar refractivity (Wildman–Crippen MR) is 81.5 cm³/mol. The maximum absolute atomic E-state index is 11.3. The Kier molecular flexibility index (Phi) is 5.15. The van der Waals surface area contributed by atoms with E-state index in [4.69, 9.17) is 5.73 Å². The highest BCUT2D eigenvalue weighted by Crippen LogP contribution is 2.16. The highest BCUT2D eigenvalue weighted by atomic mass is 16.1. The summed E-state index contributed by atoms with van der Waals surface area (Å²) >= 11 is 0. The molecule has 4 nitrogen and oxygen atoms in total. The molecule has 1 aromatic carbocycles. The van der Waals surface area contributed by atoms with Gasteiger partial charge in [-0.2, -0.15) is 0 Å². The standard InChI is InChI=1S/C16H25N3O/c1-3-14-11-19(15(4-2)9-18-14)10-12-6-5-7-13(8-12)16(17)20/h5-8,14-15,18H,3-4,9-11H2,1-2H3,(H2,17,20). The number of carbonyl (C=O) groups excluding carboxylic acids is 1. The number of hydrogen-bond acceptors (Lipinski definition) is 3. The van der Waals surface area contributed by atoms with E-state index in [9.17, 15) is 4.79 Å². The third-order valence-electron chi connectivity index (χ3n) is 4.17. The summed E-state index contributed by atoms with van der Waals surface area (Å²) in [5, 5.41) is 3.60. The first kappa shape index (κ1) is 15.0. The number of hydrogen-bond donors (Lipinski definition) is 2. The first-order valence-electron chi connectivity index (χ1n) is 7.50. The molecule has 0 aromatic heterocycles. The molecule has 0 aliphatic carbocycles. The van der Waals surface area contributed by atoms with Crippen LogP contribution in [0.1, 0.15) is 42.6 Å². The van der Waals surface area contributed by atoms with E-state index in [0.29, 0.717) is 17.6 Å². The zero-order chi connectivity index (χ0) is 14.5. The molecule has 1 heterocycles. The fraction of sp³-hybridized carbons (Fsp3) is 0.562. The molecular weight excluding hydrogens is 250 g/mol. The molecule has 1 saturated heterocycles. The van der Waals surface area contributed by atoms with Gasteiger partial charge in [-0.25, -0.2) is 0 Å². The molecule has 2 rings (SSSR count). The smallest absolute Gasteiger partial charge is 0.248 e. The molecule has 1 aromatic rings. The number of nitrogens with one attached hydrogen (secondary N) is 1. The van der Waals surface area contributed by atoms with E-state index >= 15 is 0 Å². The lowest BCUT2D eigenvalue weighted by Gasteiger charge is -2.40. The lowest BCUT2D eigenvalue weighted by Crippen LogP contribution is -2.55. The zero-order valence-corrected chi connectivity index (χ0v) is 12.4. The van der Waals surface area contributed by atoms with Crippen LogP contribution in [0.3, 0.4) is 0 Å². The van der Waals surface area contributed by atoms with E-state index in [-0.39, 0.29) is 5.91 Å². The number of nitrogens with zero attached hydrogens (tertiary/aromatic N) is 1. The Morgan fingerprint density at radius 3 is 2.85 bits per heavy atom. The van der Waals surface area contributed by atoms with Crippen LogP contribution in [0.25, 0.3) is 0 Å². The van der Waals surface area contributed by atoms with Crippen LogP contribution >= 0.6 is 0 Å². The van der Waals surface area contributed by atoms with Gasteiger partial charge in [0.2, 0.25) is 5.91 Å². The number of rotatable bonds is 5. The van der Waals surface area contributed by atoms with Crippen molar-refractivity contribution in [2.45, 2.75) is 45.3 Å². The topological polar surface area (TPSA) is 58.4 Å². The predicted octanol–water partition coefficient (Wildman–Crippen LogP) is 1.75. The van der Waals surface area contributed by atoms with Gasteiger partial charge in [0.1, 0.15) is 0 Å². The number of primary amides is 1. The fourth-order valence-corrected chi connectivity index (χ4v) is 2.86. The second-order valence-electron chi connectivity index (χ2n) is 5.57. The van der Waals surface area contributed by atoms with E-state index in [1.807, 2.05) is 12.1 Å². The summed E-state index contributed by atoms with van der Waals surface area (Å²) in [6, 6.07) is 8.80. The van der Waals surface area contributed by atoms with E-state index in [2.05, 4.69) is 30.1 Å². The van der Waals surface area contributed by atoms with E-state index in [1.165, 1.54) is 0 Å². The number of piperazine rings is 1. The average molecular weight is 275 g/mol. The van der Waals surface area contributed by atoms with Crippen molar-refractivity contribution in [2.24, 2.45) is 5.73 Å². The van der Waals surface area contributed by atoms with Crippen LogP contribution in [0.5, 0.6) is 0 Å². The van der Waals surface area contributed by atoms with Crippen molar-refractivity contribution in [1.29, 1.82) is 0 Å². The number of nitrogens with two attached hydrogens (primary N) is 1. The molecule has 1 amide bonds. The van der Waals surface area contributed by atoms with Crippen molar-refractivity contribution in [3.63, 3.8) is 0 Å². The minimum atomic E-state index is -0.356. The van der Waals surface area contributed by atoms with Crippen molar-refractivity contribution in [1.82, 2.24) is 10.2 Å². The first-order chi connectivity index (χ1) is 9.63. The monoisotopic (exact) mass is 275 g/mol. The molecular formula is C16H25N3O. The molecule has 0 spiro atoms. The molecule has 1 fully saturated rings. The Balaban J connectivity index is 2.09. The van der Waals surface area contributed by atoms with Crippen LogP contribution in [0.4, 0.5) is 0 Å². The minimum absolute atomic E-state index is 0.356. The molecule has 1 aliphatic rings. The molecule has 20 heavy (non-hydrogen) atoms. The van der Waals surface area contributed by atoms with Gasteiger partial charge < -0.3 is 11.1 Å². The number of benzene rings is 1. The van der Waals surface area contributed by atoms with Crippen molar-refractivity contribution in [3.8, 4) is 0 Å². The quantitative estimate of drug-likeness (QED) is 0.860. The molecule has 1 aliphatic heterocycles. The third kappa shape index (κ3) is 3.58. The van der Waals surface area contributed by atoms with Crippen LogP contribution in [-0.2, 0) is 6.54 Å². The molecule has 110 valence electrons. The average Bonchev–Trinajstić information content (AvgIpc) is 2.47. The zero-order valence-electron chi connectivity index (χ0n) is 12.4. The van der Waals surface area contributed by atoms with Crippen LogP contribution in [0.2, 0.25) is 0 Å². The Hall–Kier alpha value is -1.39. The maximum atomic E-state index is 11.3. The summed E-state index contributed by atoms with van der Waals surface area (Å²) in [6.45, 7) is 7.44. The van der Waals surface area contributed by atoms with Gasteiger partial charge in [0.15, 0.2) is 0 Å². The summed E-state index contributed by atoms with van der Waals surface area (Å²) in [4.78, 5) is 13.8. The summed E-state index contributed by atoms with van der Waals surface area (Å²) in [6.07, 6.45) is 2.28. The number of carbonyl (C=O) groups is 1. The van der Waals surface area contributed by atoms with Gasteiger partial charge in [-0.05, 0) is 30.5 Å². The van der Waals surface area contributed by atoms with Crippen LogP contribution in [0, 0.1) is 0 Å². The Morgan fingerprint density at radius 2 is 2.20 bits per heavy atom. The van der Waals surface area contributed by atoms with Gasteiger partial charge in [0.25, 0.3) is 0 Å². The highest BCUT2D eigenvalue weighted by molar-refractivity contribution is 5.92. The lowest BCUT2D eigenvalue weighted by molar-refractivity contribution is 0.0999. The van der Waals surface area contributed by atoms with Crippen molar-refractivity contribution in [3.05, 3.63) is 35.4 Å². The van der Waals surface area contributed by atoms with Crippen LogP contribution in [0.15, 0.2) is 24.3 Å². The van der Waals surface area contributed by atoms with Gasteiger partial charge in [-0.15, -0.1) is 0 Å². The normalized spacial score (nSPS) is 23.7. The minimum Gasteiger partial charge on any atom is -0.366 e. The Morgan fingerprint density at radius 1 is 1.40 bits per heavy atom. The summed E-state index contributed by atoms with van der Waals surface area (Å²) < 4.78 is 0. The second kappa shape index (κ2) is 6.86. The first-order valence-corrected chi connectivity index (χ1v) is 7.50. The number of amides is 1. The van der Waals surface area contributed by atoms with Crippen LogP contribution < -0.4 is 11.1 Å². The lowest BCUT2D eigenvalue weighted by atomic mass is 10.0. The third-order valence-corrected chi connectivity index (χ3v) is 4.17. The molecule has 0 radical (unpaired) electrons. The largest absolute Gasteiger partial charge is 0.366 e. The molecule has 3 N–H and O–H groups in total. The van der Waals surface area contributed by atoms with Crippen LogP contribution in [-0.4, -0.2) is 36.0 Å². The van der Waals surface area contributed by atoms with E-state index in [0.717, 1.165) is 38.0 Å². The molecule has 0 saturated carbocycles. The second-order valence-corrected chi connectivity index (χ2v) is 5.57. The fourth-order valence-electron chi connectivity index (χ4n) is 2.86. The molecule has 0 bridgehead atoms. The van der Waals surface area contributed by atoms with Crippen molar-refractivity contribution < 1.29 is 4.79 Å². The SMILES string of the molecule is CCC1CN(Cc2cccc(C(N)=O)c2)C(CC)CN1. The Labute approximate surface area is 121 Å². The van der Waals surface area contributed by atoms with Gasteiger partial charge in [-0.3, -0.25) is 9.69 Å². The van der Waals surface area contributed by atoms with Gasteiger partial charge in [-0.1, -0.05) is 26.0 Å². The maximum Gasteiger partial charge on any atom is 0.248 e. The molecule has 4 heteroatoms. The van der Waals surface area contributed by atoms with Gasteiger partial charge in [0, 0.05) is 37.3 Å². The summed E-state index contributed by atoms with van der Waals surface area (Å²) in [5.41, 5.74) is 7.11. The van der Waals surface area contributed by atoms with Gasteiger partial charge in [0.05, 0.1) is 0 Å².